The number of aromatic nitrogens is 5. The van der Waals surface area contributed by atoms with Crippen LogP contribution in [0.2, 0.25) is 0 Å². The fourth-order valence-electron chi connectivity index (χ4n) is 5.71. The molecule has 0 unspecified atom stereocenters. The average molecular weight is 601 g/mol. The van der Waals surface area contributed by atoms with Gasteiger partial charge in [0.2, 0.25) is 0 Å². The van der Waals surface area contributed by atoms with E-state index in [1.165, 1.54) is 9.08 Å². The number of ether oxygens (including phenoxy) is 4. The lowest BCUT2D eigenvalue weighted by Gasteiger charge is -2.34. The van der Waals surface area contributed by atoms with Gasteiger partial charge in [0, 0.05) is 45.0 Å². The minimum absolute atomic E-state index is 0.0266. The van der Waals surface area contributed by atoms with Gasteiger partial charge in [-0.25, -0.2) is 14.5 Å². The Bertz CT molecular complexity index is 1890. The first-order chi connectivity index (χ1) is 21.5. The maximum absolute atomic E-state index is 14.0. The summed E-state index contributed by atoms with van der Waals surface area (Å²) in [5.74, 6) is 1.86. The predicted molar refractivity (Wildman–Crippen MR) is 166 cm³/mol. The van der Waals surface area contributed by atoms with E-state index in [2.05, 4.69) is 10.00 Å². The maximum Gasteiger partial charge on any atom is 0.350 e. The van der Waals surface area contributed by atoms with Crippen molar-refractivity contribution in [1.29, 1.82) is 0 Å². The molecule has 4 heterocycles. The zero-order valence-electron chi connectivity index (χ0n) is 25.1. The van der Waals surface area contributed by atoms with Crippen LogP contribution in [-0.4, -0.2) is 77.5 Å². The van der Waals surface area contributed by atoms with Crippen molar-refractivity contribution in [3.8, 4) is 11.5 Å². The average Bonchev–Trinajstić information content (AvgIpc) is 3.38. The van der Waals surface area contributed by atoms with Crippen LogP contribution in [0.4, 0.5) is 5.69 Å². The number of fused-ring (bicyclic) bond motifs is 2. The Morgan fingerprint density at radius 3 is 2.61 bits per heavy atom. The molecule has 2 aromatic carbocycles. The molecule has 0 amide bonds. The number of hydrogen-bond donors (Lipinski definition) is 0. The van der Waals surface area contributed by atoms with Crippen LogP contribution in [0.5, 0.6) is 11.5 Å². The lowest BCUT2D eigenvalue weighted by molar-refractivity contribution is -0.0100. The van der Waals surface area contributed by atoms with Gasteiger partial charge in [0.15, 0.2) is 17.1 Å². The van der Waals surface area contributed by atoms with Crippen molar-refractivity contribution in [3.05, 3.63) is 93.0 Å². The molecule has 12 nitrogen and oxygen atoms in total. The van der Waals surface area contributed by atoms with Crippen LogP contribution in [0, 0.1) is 0 Å². The quantitative estimate of drug-likeness (QED) is 0.226. The fourth-order valence-corrected chi connectivity index (χ4v) is 5.71. The summed E-state index contributed by atoms with van der Waals surface area (Å²) in [6.07, 6.45) is 2.58. The molecule has 0 aliphatic carbocycles. The van der Waals surface area contributed by atoms with E-state index in [1.807, 2.05) is 42.5 Å². The molecule has 1 fully saturated rings. The lowest BCUT2D eigenvalue weighted by Crippen LogP contribution is -2.44. The molecule has 1 aliphatic heterocycles. The SMILES string of the molecule is COC[C@H]1CN(c2ccc3c(=O)n(CCc4ccc(OC)c(OC)c4)c(CCn4nc5ccccn5c4=O)nc3c2)CCO1. The van der Waals surface area contributed by atoms with Crippen molar-refractivity contribution >= 4 is 22.2 Å². The Labute approximate surface area is 254 Å². The monoisotopic (exact) mass is 600 g/mol. The van der Waals surface area contributed by atoms with E-state index >= 15 is 0 Å². The largest absolute Gasteiger partial charge is 0.493 e. The third-order valence-electron chi connectivity index (χ3n) is 7.98. The standard InChI is InChI=1S/C32H36N6O6/c1-41-21-24-20-35(16-17-44-24)23-8-9-25-26(19-23)33-29(12-15-38-32(40)37-13-5-4-6-30(37)34-38)36(31(25)39)14-11-22-7-10-27(42-2)28(18-22)43-3/h4-10,13,18-19,24H,11-12,14-17,20-21H2,1-3H3/t24-/m1/s1. The number of pyridine rings is 1. The van der Waals surface area contributed by atoms with Crippen molar-refractivity contribution in [2.45, 2.75) is 32.0 Å². The second kappa shape index (κ2) is 12.9. The number of nitrogens with zero attached hydrogens (tertiary/aromatic N) is 6. The van der Waals surface area contributed by atoms with Gasteiger partial charge in [0.1, 0.15) is 5.82 Å². The maximum atomic E-state index is 14.0. The van der Waals surface area contributed by atoms with Crippen LogP contribution in [0.15, 0.2) is 70.4 Å². The predicted octanol–water partition coefficient (Wildman–Crippen LogP) is 2.56. The van der Waals surface area contributed by atoms with Gasteiger partial charge in [-0.15, -0.1) is 5.10 Å². The van der Waals surface area contributed by atoms with Crippen molar-refractivity contribution in [3.63, 3.8) is 0 Å². The van der Waals surface area contributed by atoms with Crippen LogP contribution in [0.1, 0.15) is 11.4 Å². The number of anilines is 1. The van der Waals surface area contributed by atoms with Gasteiger partial charge in [-0.05, 0) is 54.4 Å². The lowest BCUT2D eigenvalue weighted by atomic mass is 10.1. The molecule has 0 bridgehead atoms. The molecular formula is C32H36N6O6. The van der Waals surface area contributed by atoms with Crippen LogP contribution in [0.3, 0.4) is 0 Å². The summed E-state index contributed by atoms with van der Waals surface area (Å²) in [5.41, 5.74) is 2.78. The summed E-state index contributed by atoms with van der Waals surface area (Å²) in [6.45, 7) is 3.20. The van der Waals surface area contributed by atoms with Gasteiger partial charge in [0.05, 0.1) is 51.0 Å². The Balaban J connectivity index is 1.35. The first-order valence-electron chi connectivity index (χ1n) is 14.6. The summed E-state index contributed by atoms with van der Waals surface area (Å²) in [6, 6.07) is 16.9. The van der Waals surface area contributed by atoms with E-state index in [0.717, 1.165) is 17.8 Å². The first kappa shape index (κ1) is 29.4. The van der Waals surface area contributed by atoms with Crippen molar-refractivity contribution < 1.29 is 18.9 Å². The Morgan fingerprint density at radius 1 is 0.955 bits per heavy atom. The normalized spacial score (nSPS) is 15.2. The minimum Gasteiger partial charge on any atom is -0.493 e. The van der Waals surface area contributed by atoms with Gasteiger partial charge in [0.25, 0.3) is 5.56 Å². The molecule has 44 heavy (non-hydrogen) atoms. The molecule has 1 saturated heterocycles. The molecule has 0 spiro atoms. The zero-order valence-corrected chi connectivity index (χ0v) is 25.1. The highest BCUT2D eigenvalue weighted by Gasteiger charge is 2.22. The first-order valence-corrected chi connectivity index (χ1v) is 14.6. The topological polar surface area (TPSA) is 114 Å². The van der Waals surface area contributed by atoms with Crippen molar-refractivity contribution in [1.82, 2.24) is 23.7 Å². The molecule has 1 atom stereocenters. The summed E-state index contributed by atoms with van der Waals surface area (Å²) in [4.78, 5) is 34.2. The van der Waals surface area contributed by atoms with Crippen molar-refractivity contribution in [2.24, 2.45) is 0 Å². The Morgan fingerprint density at radius 2 is 1.82 bits per heavy atom. The van der Waals surface area contributed by atoms with Crippen LogP contribution in [-0.2, 0) is 35.4 Å². The molecule has 6 rings (SSSR count). The van der Waals surface area contributed by atoms with Gasteiger partial charge in [-0.1, -0.05) is 12.1 Å². The van der Waals surface area contributed by atoms with E-state index in [0.29, 0.717) is 73.0 Å². The summed E-state index contributed by atoms with van der Waals surface area (Å²) in [7, 11) is 4.86. The van der Waals surface area contributed by atoms with Gasteiger partial charge >= 0.3 is 5.69 Å². The minimum atomic E-state index is -0.235. The summed E-state index contributed by atoms with van der Waals surface area (Å²) < 4.78 is 26.6. The molecule has 3 aromatic heterocycles. The highest BCUT2D eigenvalue weighted by Crippen LogP contribution is 2.28. The van der Waals surface area contributed by atoms with E-state index in [-0.39, 0.29) is 23.9 Å². The van der Waals surface area contributed by atoms with E-state index in [1.54, 1.807) is 44.2 Å². The Hall–Kier alpha value is -4.68. The molecule has 230 valence electrons. The second-order valence-corrected chi connectivity index (χ2v) is 10.7. The number of aryl methyl sites for hydroxylation is 3. The van der Waals surface area contributed by atoms with Gasteiger partial charge in [-0.2, -0.15) is 0 Å². The third-order valence-corrected chi connectivity index (χ3v) is 7.98. The van der Waals surface area contributed by atoms with Crippen LogP contribution >= 0.6 is 0 Å². The molecule has 1 aliphatic rings. The smallest absolute Gasteiger partial charge is 0.350 e. The number of hydrogen-bond acceptors (Lipinski definition) is 9. The highest BCUT2D eigenvalue weighted by molar-refractivity contribution is 5.81. The summed E-state index contributed by atoms with van der Waals surface area (Å²) >= 11 is 0. The molecular weight excluding hydrogens is 564 g/mol. The number of methoxy groups -OCH3 is 3. The second-order valence-electron chi connectivity index (χ2n) is 10.7. The van der Waals surface area contributed by atoms with Crippen LogP contribution < -0.4 is 25.6 Å². The third kappa shape index (κ3) is 5.90. The Kier molecular flexibility index (Phi) is 8.62. The molecule has 5 aromatic rings. The van der Waals surface area contributed by atoms with E-state index in [9.17, 15) is 9.59 Å². The molecule has 0 N–H and O–H groups in total. The summed E-state index contributed by atoms with van der Waals surface area (Å²) in [5, 5.41) is 5.00. The number of benzene rings is 2. The highest BCUT2D eigenvalue weighted by atomic mass is 16.5. The number of rotatable bonds is 11. The van der Waals surface area contributed by atoms with E-state index < -0.39 is 0 Å². The molecule has 0 radical (unpaired) electrons. The van der Waals surface area contributed by atoms with Crippen LogP contribution in [0.25, 0.3) is 16.6 Å². The zero-order chi connectivity index (χ0) is 30.6. The molecule has 0 saturated carbocycles. The molecule has 12 heteroatoms. The van der Waals surface area contributed by atoms with Crippen molar-refractivity contribution in [2.75, 3.05) is 52.5 Å². The van der Waals surface area contributed by atoms with Gasteiger partial charge < -0.3 is 23.8 Å². The van der Waals surface area contributed by atoms with E-state index in [4.69, 9.17) is 23.9 Å². The number of morpholine rings is 1. The van der Waals surface area contributed by atoms with Gasteiger partial charge in [-0.3, -0.25) is 13.8 Å². The fraction of sp³-hybridized carbons (Fsp3) is 0.375.